The fraction of sp³-hybridized carbons (Fsp3) is 0.353. The van der Waals surface area contributed by atoms with Crippen LogP contribution in [-0.2, 0) is 0 Å². The Kier molecular flexibility index (Phi) is 2.61. The van der Waals surface area contributed by atoms with Gasteiger partial charge < -0.3 is 14.7 Å². The molecule has 0 radical (unpaired) electrons. The van der Waals surface area contributed by atoms with Crippen LogP contribution in [0.2, 0.25) is 0 Å². The van der Waals surface area contributed by atoms with E-state index >= 15 is 0 Å². The Morgan fingerprint density at radius 3 is 2.76 bits per heavy atom. The highest BCUT2D eigenvalue weighted by Gasteiger charge is 2.31. The summed E-state index contributed by atoms with van der Waals surface area (Å²) in [6, 6.07) is 10.2. The van der Waals surface area contributed by atoms with Crippen LogP contribution in [0, 0.1) is 6.92 Å². The molecule has 108 valence electrons. The lowest BCUT2D eigenvalue weighted by molar-refractivity contribution is 0.428. The maximum Gasteiger partial charge on any atom is 0.126 e. The number of nitrogens with zero attached hydrogens (tertiary/aromatic N) is 2. The predicted octanol–water partition coefficient (Wildman–Crippen LogP) is 4.01. The van der Waals surface area contributed by atoms with E-state index in [4.69, 9.17) is 15.1 Å². The van der Waals surface area contributed by atoms with Crippen molar-refractivity contribution in [3.8, 4) is 0 Å². The number of benzene rings is 1. The molecule has 1 atom stereocenters. The number of hydrogen-bond donors (Lipinski definition) is 1. The third-order valence-electron chi connectivity index (χ3n) is 4.24. The van der Waals surface area contributed by atoms with Gasteiger partial charge in [0.2, 0.25) is 0 Å². The van der Waals surface area contributed by atoms with Gasteiger partial charge in [0.1, 0.15) is 17.3 Å². The number of aryl methyl sites for hydroxylation is 1. The van der Waals surface area contributed by atoms with Gasteiger partial charge in [-0.25, -0.2) is 4.98 Å². The maximum atomic E-state index is 5.90. The minimum atomic E-state index is 0.142. The van der Waals surface area contributed by atoms with Crippen molar-refractivity contribution in [1.82, 2.24) is 9.55 Å². The Balaban J connectivity index is 1.91. The maximum absolute atomic E-state index is 5.90. The Morgan fingerprint density at radius 2 is 2.10 bits per heavy atom. The standard InChI is InChI=1S/C17H19N3O/c1-10-3-8-16(21-10)11(2)20-15-7-6-13(18)9-14(15)19-17(20)12-4-5-12/h3,6-9,11-12H,4-5,18H2,1-2H3. The summed E-state index contributed by atoms with van der Waals surface area (Å²) in [5, 5.41) is 0. The van der Waals surface area contributed by atoms with Crippen LogP contribution < -0.4 is 5.73 Å². The molecular weight excluding hydrogens is 262 g/mol. The molecule has 1 unspecified atom stereocenters. The van der Waals surface area contributed by atoms with E-state index in [-0.39, 0.29) is 6.04 Å². The lowest BCUT2D eigenvalue weighted by atomic mass is 10.2. The predicted molar refractivity (Wildman–Crippen MR) is 83.4 cm³/mol. The molecule has 1 aromatic carbocycles. The molecule has 0 spiro atoms. The van der Waals surface area contributed by atoms with Gasteiger partial charge in [0, 0.05) is 11.6 Å². The Hall–Kier alpha value is -2.23. The zero-order chi connectivity index (χ0) is 14.6. The molecule has 1 fully saturated rings. The van der Waals surface area contributed by atoms with E-state index in [9.17, 15) is 0 Å². The average molecular weight is 281 g/mol. The van der Waals surface area contributed by atoms with Crippen molar-refractivity contribution in [3.05, 3.63) is 47.7 Å². The SMILES string of the molecule is Cc1ccc(C(C)n2c(C3CC3)nc3cc(N)ccc32)o1. The molecule has 4 nitrogen and oxygen atoms in total. The minimum Gasteiger partial charge on any atom is -0.464 e. The second kappa shape index (κ2) is 4.38. The highest BCUT2D eigenvalue weighted by atomic mass is 16.3. The Morgan fingerprint density at radius 1 is 1.29 bits per heavy atom. The first-order valence-electron chi connectivity index (χ1n) is 7.47. The molecule has 0 bridgehead atoms. The van der Waals surface area contributed by atoms with Gasteiger partial charge in [0.15, 0.2) is 0 Å². The molecule has 0 saturated heterocycles. The zero-order valence-corrected chi connectivity index (χ0v) is 12.3. The van der Waals surface area contributed by atoms with Crippen molar-refractivity contribution >= 4 is 16.7 Å². The van der Waals surface area contributed by atoms with E-state index < -0.39 is 0 Å². The number of imidazole rings is 1. The number of hydrogen-bond acceptors (Lipinski definition) is 3. The molecule has 0 amide bonds. The second-order valence-electron chi connectivity index (χ2n) is 5.99. The van der Waals surface area contributed by atoms with Crippen molar-refractivity contribution in [2.24, 2.45) is 0 Å². The highest BCUT2D eigenvalue weighted by Crippen LogP contribution is 2.42. The minimum absolute atomic E-state index is 0.142. The van der Waals surface area contributed by atoms with Gasteiger partial charge in [-0.05, 0) is 57.0 Å². The largest absolute Gasteiger partial charge is 0.464 e. The summed E-state index contributed by atoms with van der Waals surface area (Å²) in [4.78, 5) is 4.83. The van der Waals surface area contributed by atoms with E-state index in [1.807, 2.05) is 25.1 Å². The molecule has 2 N–H and O–H groups in total. The fourth-order valence-electron chi connectivity index (χ4n) is 2.98. The highest BCUT2D eigenvalue weighted by molar-refractivity contribution is 5.80. The molecule has 1 aliphatic carbocycles. The zero-order valence-electron chi connectivity index (χ0n) is 12.3. The van der Waals surface area contributed by atoms with Crippen LogP contribution in [0.25, 0.3) is 11.0 Å². The lowest BCUT2D eigenvalue weighted by Crippen LogP contribution is -2.09. The van der Waals surface area contributed by atoms with E-state index in [1.54, 1.807) is 0 Å². The lowest BCUT2D eigenvalue weighted by Gasteiger charge is -2.15. The molecular formula is C17H19N3O. The third-order valence-corrected chi connectivity index (χ3v) is 4.24. The van der Waals surface area contributed by atoms with E-state index in [1.165, 1.54) is 12.8 Å². The fourth-order valence-corrected chi connectivity index (χ4v) is 2.98. The number of anilines is 1. The van der Waals surface area contributed by atoms with Crippen LogP contribution in [0.5, 0.6) is 0 Å². The smallest absolute Gasteiger partial charge is 0.126 e. The molecule has 4 rings (SSSR count). The molecule has 3 aromatic rings. The van der Waals surface area contributed by atoms with E-state index in [0.29, 0.717) is 5.92 Å². The number of furan rings is 1. The quantitative estimate of drug-likeness (QED) is 0.738. The van der Waals surface area contributed by atoms with Gasteiger partial charge in [-0.2, -0.15) is 0 Å². The summed E-state index contributed by atoms with van der Waals surface area (Å²) in [6.07, 6.45) is 2.45. The molecule has 4 heteroatoms. The van der Waals surface area contributed by atoms with Crippen molar-refractivity contribution in [1.29, 1.82) is 0 Å². The van der Waals surface area contributed by atoms with E-state index in [0.717, 1.165) is 34.1 Å². The van der Waals surface area contributed by atoms with Crippen LogP contribution >= 0.6 is 0 Å². The first-order chi connectivity index (χ1) is 10.1. The topological polar surface area (TPSA) is 57.0 Å². The summed E-state index contributed by atoms with van der Waals surface area (Å²) in [5.74, 6) is 3.67. The average Bonchev–Trinajstić information content (AvgIpc) is 3.11. The molecule has 2 aromatic heterocycles. The van der Waals surface area contributed by atoms with Gasteiger partial charge in [-0.15, -0.1) is 0 Å². The third kappa shape index (κ3) is 2.02. The van der Waals surface area contributed by atoms with Crippen LogP contribution in [-0.4, -0.2) is 9.55 Å². The normalized spacial score (nSPS) is 16.5. The van der Waals surface area contributed by atoms with Gasteiger partial charge in [0.25, 0.3) is 0 Å². The van der Waals surface area contributed by atoms with Crippen molar-refractivity contribution < 1.29 is 4.42 Å². The van der Waals surface area contributed by atoms with Gasteiger partial charge in [-0.3, -0.25) is 0 Å². The van der Waals surface area contributed by atoms with Crippen LogP contribution in [0.1, 0.15) is 49.1 Å². The molecule has 0 aliphatic heterocycles. The Labute approximate surface area is 123 Å². The summed E-state index contributed by atoms with van der Waals surface area (Å²) >= 11 is 0. The van der Waals surface area contributed by atoms with Crippen LogP contribution in [0.15, 0.2) is 34.7 Å². The molecule has 21 heavy (non-hydrogen) atoms. The number of nitrogens with two attached hydrogens (primary N) is 1. The first kappa shape index (κ1) is 12.5. The van der Waals surface area contributed by atoms with Gasteiger partial charge in [-0.1, -0.05) is 0 Å². The molecule has 1 aliphatic rings. The van der Waals surface area contributed by atoms with Crippen LogP contribution in [0.3, 0.4) is 0 Å². The summed E-state index contributed by atoms with van der Waals surface area (Å²) < 4.78 is 8.13. The summed E-state index contributed by atoms with van der Waals surface area (Å²) in [7, 11) is 0. The van der Waals surface area contributed by atoms with Crippen molar-refractivity contribution in [2.45, 2.75) is 38.6 Å². The number of aromatic nitrogens is 2. The van der Waals surface area contributed by atoms with E-state index in [2.05, 4.69) is 23.6 Å². The first-order valence-corrected chi connectivity index (χ1v) is 7.47. The Bertz CT molecular complexity index is 811. The van der Waals surface area contributed by atoms with Crippen LogP contribution in [0.4, 0.5) is 5.69 Å². The van der Waals surface area contributed by atoms with Crippen molar-refractivity contribution in [2.75, 3.05) is 5.73 Å². The number of fused-ring (bicyclic) bond motifs is 1. The second-order valence-corrected chi connectivity index (χ2v) is 5.99. The van der Waals surface area contributed by atoms with Gasteiger partial charge in [0.05, 0.1) is 17.1 Å². The van der Waals surface area contributed by atoms with Crippen molar-refractivity contribution in [3.63, 3.8) is 0 Å². The molecule has 2 heterocycles. The van der Waals surface area contributed by atoms with Gasteiger partial charge >= 0.3 is 0 Å². The number of nitrogen functional groups attached to an aromatic ring is 1. The molecule has 1 saturated carbocycles. The summed E-state index contributed by atoms with van der Waals surface area (Å²) in [5.41, 5.74) is 8.77. The monoisotopic (exact) mass is 281 g/mol. The number of rotatable bonds is 3. The summed E-state index contributed by atoms with van der Waals surface area (Å²) in [6.45, 7) is 4.15.